The molecule has 5 nitrogen and oxygen atoms in total. The van der Waals surface area contributed by atoms with Crippen LogP contribution in [0.15, 0.2) is 22.7 Å². The highest BCUT2D eigenvalue weighted by atomic mass is 79.9. The molecule has 0 unspecified atom stereocenters. The van der Waals surface area contributed by atoms with Crippen LogP contribution < -0.4 is 10.5 Å². The lowest BCUT2D eigenvalue weighted by Gasteiger charge is -2.09. The lowest BCUT2D eigenvalue weighted by Crippen LogP contribution is -2.02. The fourth-order valence-corrected chi connectivity index (χ4v) is 2.16. The van der Waals surface area contributed by atoms with Gasteiger partial charge in [0, 0.05) is 5.56 Å². The Morgan fingerprint density at radius 2 is 2.11 bits per heavy atom. The van der Waals surface area contributed by atoms with Crippen molar-refractivity contribution in [2.75, 3.05) is 12.8 Å². The minimum atomic E-state index is 0.0446. The Morgan fingerprint density at radius 1 is 1.37 bits per heavy atom. The average Bonchev–Trinajstić information content (AvgIpc) is 2.41. The molecule has 3 N–H and O–H groups in total. The van der Waals surface area contributed by atoms with Gasteiger partial charge in [-0.3, -0.25) is 0 Å². The Hall–Kier alpha value is -1.82. The molecule has 0 aliphatic heterocycles. The van der Waals surface area contributed by atoms with E-state index in [1.54, 1.807) is 18.2 Å². The summed E-state index contributed by atoms with van der Waals surface area (Å²) >= 11 is 3.36. The van der Waals surface area contributed by atoms with Crippen LogP contribution in [-0.2, 0) is 6.42 Å². The van der Waals surface area contributed by atoms with Crippen LogP contribution in [0.25, 0.3) is 11.4 Å². The van der Waals surface area contributed by atoms with Crippen molar-refractivity contribution >= 4 is 21.7 Å². The number of nitrogens with zero attached hydrogens (tertiary/aromatic N) is 2. The van der Waals surface area contributed by atoms with E-state index >= 15 is 0 Å². The second-order valence-electron chi connectivity index (χ2n) is 3.93. The fourth-order valence-electron chi connectivity index (χ4n) is 1.71. The van der Waals surface area contributed by atoms with Gasteiger partial charge in [0.05, 0.1) is 17.3 Å². The first kappa shape index (κ1) is 13.6. The van der Waals surface area contributed by atoms with Crippen molar-refractivity contribution in [2.45, 2.75) is 13.3 Å². The zero-order valence-corrected chi connectivity index (χ0v) is 12.2. The van der Waals surface area contributed by atoms with Crippen molar-refractivity contribution in [1.29, 1.82) is 0 Å². The Bertz CT molecular complexity index is 617. The monoisotopic (exact) mass is 323 g/mol. The van der Waals surface area contributed by atoms with Crippen molar-refractivity contribution in [2.24, 2.45) is 0 Å². The Kier molecular flexibility index (Phi) is 3.90. The van der Waals surface area contributed by atoms with E-state index in [0.717, 1.165) is 16.6 Å². The molecule has 0 aliphatic carbocycles. The van der Waals surface area contributed by atoms with Crippen LogP contribution in [0.1, 0.15) is 12.6 Å². The van der Waals surface area contributed by atoms with E-state index in [4.69, 9.17) is 10.5 Å². The summed E-state index contributed by atoms with van der Waals surface area (Å²) in [5.41, 5.74) is 7.36. The molecule has 19 heavy (non-hydrogen) atoms. The highest BCUT2D eigenvalue weighted by Crippen LogP contribution is 2.31. The van der Waals surface area contributed by atoms with Crippen LogP contribution in [0.2, 0.25) is 0 Å². The second kappa shape index (κ2) is 5.44. The maximum atomic E-state index is 9.78. The highest BCUT2D eigenvalue weighted by molar-refractivity contribution is 9.10. The molecule has 0 fully saturated rings. The average molecular weight is 324 g/mol. The third-order valence-corrected chi connectivity index (χ3v) is 3.58. The number of hydrogen-bond acceptors (Lipinski definition) is 5. The number of anilines is 1. The Morgan fingerprint density at radius 3 is 2.68 bits per heavy atom. The standard InChI is InChI=1S/C13H14BrN3O2/c1-3-8-11(14)12(15)17-13(16-8)7-4-5-10(19-2)9(18)6-7/h4-6,18H,3H2,1-2H3,(H2,15,16,17). The van der Waals surface area contributed by atoms with Gasteiger partial charge in [0.2, 0.25) is 0 Å². The topological polar surface area (TPSA) is 81.3 Å². The molecule has 0 bridgehead atoms. The number of benzene rings is 1. The van der Waals surface area contributed by atoms with Gasteiger partial charge < -0.3 is 15.6 Å². The van der Waals surface area contributed by atoms with E-state index in [0.29, 0.717) is 23.0 Å². The summed E-state index contributed by atoms with van der Waals surface area (Å²) in [6, 6.07) is 5.00. The largest absolute Gasteiger partial charge is 0.504 e. The van der Waals surface area contributed by atoms with Gasteiger partial charge in [-0.25, -0.2) is 9.97 Å². The zero-order chi connectivity index (χ0) is 14.0. The number of aromatic hydroxyl groups is 1. The van der Waals surface area contributed by atoms with E-state index in [2.05, 4.69) is 25.9 Å². The number of nitrogen functional groups attached to an aromatic ring is 1. The summed E-state index contributed by atoms with van der Waals surface area (Å²) in [5, 5.41) is 9.78. The molecule has 2 aromatic rings. The predicted molar refractivity (Wildman–Crippen MR) is 77.2 cm³/mol. The van der Waals surface area contributed by atoms with Crippen LogP contribution in [0.3, 0.4) is 0 Å². The Labute approximate surface area is 119 Å². The second-order valence-corrected chi connectivity index (χ2v) is 4.73. The number of hydrogen-bond donors (Lipinski definition) is 2. The summed E-state index contributed by atoms with van der Waals surface area (Å²) in [5.74, 6) is 1.32. The predicted octanol–water partition coefficient (Wildman–Crippen LogP) is 2.76. The summed E-state index contributed by atoms with van der Waals surface area (Å²) in [4.78, 5) is 8.64. The normalized spacial score (nSPS) is 10.5. The number of rotatable bonds is 3. The minimum absolute atomic E-state index is 0.0446. The van der Waals surface area contributed by atoms with Gasteiger partial charge >= 0.3 is 0 Å². The van der Waals surface area contributed by atoms with Gasteiger partial charge in [0.1, 0.15) is 5.82 Å². The van der Waals surface area contributed by atoms with Crippen LogP contribution in [-0.4, -0.2) is 22.2 Å². The van der Waals surface area contributed by atoms with Gasteiger partial charge in [-0.15, -0.1) is 0 Å². The fraction of sp³-hybridized carbons (Fsp3) is 0.231. The van der Waals surface area contributed by atoms with E-state index in [1.807, 2.05) is 6.92 Å². The third-order valence-electron chi connectivity index (χ3n) is 2.72. The zero-order valence-electron chi connectivity index (χ0n) is 10.6. The van der Waals surface area contributed by atoms with E-state index in [1.165, 1.54) is 7.11 Å². The molecule has 0 aliphatic rings. The lowest BCUT2D eigenvalue weighted by molar-refractivity contribution is 0.373. The number of halogens is 1. The van der Waals surface area contributed by atoms with Crippen LogP contribution in [0.5, 0.6) is 11.5 Å². The quantitative estimate of drug-likeness (QED) is 0.907. The van der Waals surface area contributed by atoms with Crippen molar-refractivity contribution in [3.63, 3.8) is 0 Å². The Balaban J connectivity index is 2.53. The van der Waals surface area contributed by atoms with Gasteiger partial charge in [0.15, 0.2) is 17.3 Å². The number of phenols is 1. The summed E-state index contributed by atoms with van der Waals surface area (Å²) < 4.78 is 5.72. The first-order valence-electron chi connectivity index (χ1n) is 5.76. The molecule has 100 valence electrons. The number of aryl methyl sites for hydroxylation is 1. The molecule has 1 heterocycles. The number of ether oxygens (including phenoxy) is 1. The maximum absolute atomic E-state index is 9.78. The van der Waals surface area contributed by atoms with Gasteiger partial charge in [-0.2, -0.15) is 0 Å². The molecule has 1 aromatic carbocycles. The lowest BCUT2D eigenvalue weighted by atomic mass is 10.2. The molecule has 0 spiro atoms. The smallest absolute Gasteiger partial charge is 0.161 e. The third kappa shape index (κ3) is 2.63. The van der Waals surface area contributed by atoms with Gasteiger partial charge in [0.25, 0.3) is 0 Å². The van der Waals surface area contributed by atoms with Crippen molar-refractivity contribution in [1.82, 2.24) is 9.97 Å². The van der Waals surface area contributed by atoms with Crippen LogP contribution in [0, 0.1) is 0 Å². The van der Waals surface area contributed by atoms with Crippen molar-refractivity contribution in [3.8, 4) is 22.9 Å². The first-order valence-corrected chi connectivity index (χ1v) is 6.55. The number of nitrogens with two attached hydrogens (primary N) is 1. The molecular weight excluding hydrogens is 310 g/mol. The van der Waals surface area contributed by atoms with Gasteiger partial charge in [-0.05, 0) is 40.5 Å². The van der Waals surface area contributed by atoms with Crippen LogP contribution in [0.4, 0.5) is 5.82 Å². The van der Waals surface area contributed by atoms with Crippen molar-refractivity contribution in [3.05, 3.63) is 28.4 Å². The molecule has 0 radical (unpaired) electrons. The first-order chi connectivity index (χ1) is 9.06. The SMILES string of the molecule is CCc1nc(-c2ccc(OC)c(O)c2)nc(N)c1Br. The minimum Gasteiger partial charge on any atom is -0.504 e. The highest BCUT2D eigenvalue weighted by Gasteiger charge is 2.12. The summed E-state index contributed by atoms with van der Waals surface area (Å²) in [7, 11) is 1.50. The van der Waals surface area contributed by atoms with E-state index in [9.17, 15) is 5.11 Å². The van der Waals surface area contributed by atoms with E-state index in [-0.39, 0.29) is 5.75 Å². The van der Waals surface area contributed by atoms with Gasteiger partial charge in [-0.1, -0.05) is 6.92 Å². The van der Waals surface area contributed by atoms with E-state index < -0.39 is 0 Å². The number of aromatic nitrogens is 2. The van der Waals surface area contributed by atoms with Crippen molar-refractivity contribution < 1.29 is 9.84 Å². The molecule has 0 atom stereocenters. The molecule has 0 amide bonds. The molecule has 0 saturated heterocycles. The number of methoxy groups -OCH3 is 1. The summed E-state index contributed by atoms with van der Waals surface area (Å²) in [6.45, 7) is 1.99. The molecule has 2 rings (SSSR count). The molecule has 6 heteroatoms. The van der Waals surface area contributed by atoms with Crippen LogP contribution >= 0.6 is 15.9 Å². The number of phenolic OH excluding ortho intramolecular Hbond substituents is 1. The maximum Gasteiger partial charge on any atom is 0.161 e. The molecule has 0 saturated carbocycles. The summed E-state index contributed by atoms with van der Waals surface area (Å²) in [6.07, 6.45) is 0.739. The molecule has 1 aromatic heterocycles. The molecular formula is C13H14BrN3O2.